The summed E-state index contributed by atoms with van der Waals surface area (Å²) in [6.45, 7) is 4.03. The molecule has 1 aliphatic heterocycles. The number of primary amides is 1. The van der Waals surface area contributed by atoms with Gasteiger partial charge in [-0.2, -0.15) is 0 Å². The predicted octanol–water partition coefficient (Wildman–Crippen LogP) is 1.87. The van der Waals surface area contributed by atoms with Crippen molar-refractivity contribution in [1.29, 1.82) is 0 Å². The Kier molecular flexibility index (Phi) is 6.08. The number of pyridine rings is 2. The maximum Gasteiger partial charge on any atom is 0.252 e. The van der Waals surface area contributed by atoms with Gasteiger partial charge in [-0.3, -0.25) is 4.79 Å². The molecule has 1 saturated heterocycles. The Balaban J connectivity index is 1.52. The quantitative estimate of drug-likeness (QED) is 0.504. The van der Waals surface area contributed by atoms with Crippen molar-refractivity contribution < 1.29 is 9.32 Å². The molecule has 3 aromatic heterocycles. The fraction of sp³-hybridized carbons (Fsp3) is 0.333. The zero-order chi connectivity index (χ0) is 22.7. The maximum atomic E-state index is 11.9. The lowest BCUT2D eigenvalue weighted by Crippen LogP contribution is -2.44. The highest BCUT2D eigenvalue weighted by atomic mass is 16.5. The van der Waals surface area contributed by atoms with Crippen LogP contribution in [0, 0.1) is 0 Å². The number of carbonyl (C=O) groups excluding carboxylic acids is 1. The topological polar surface area (TPSA) is 129 Å². The molecule has 4 N–H and O–H groups in total. The number of anilines is 6. The number of rotatable bonds is 7. The van der Waals surface area contributed by atoms with Gasteiger partial charge in [0.1, 0.15) is 23.6 Å². The summed E-state index contributed by atoms with van der Waals surface area (Å²) in [5, 5.41) is 10.3. The third kappa shape index (κ3) is 4.72. The van der Waals surface area contributed by atoms with E-state index in [0.29, 0.717) is 28.8 Å². The Morgan fingerprint density at radius 2 is 1.81 bits per heavy atom. The first-order valence-electron chi connectivity index (χ1n) is 10.3. The minimum atomic E-state index is -0.593. The summed E-state index contributed by atoms with van der Waals surface area (Å²) in [5.74, 6) is 1.16. The van der Waals surface area contributed by atoms with E-state index in [1.165, 1.54) is 12.5 Å². The molecule has 11 heteroatoms. The Morgan fingerprint density at radius 3 is 2.47 bits per heavy atom. The molecule has 32 heavy (non-hydrogen) atoms. The molecule has 1 fully saturated rings. The van der Waals surface area contributed by atoms with Crippen LogP contribution in [0.25, 0.3) is 0 Å². The van der Waals surface area contributed by atoms with E-state index in [0.717, 1.165) is 31.9 Å². The van der Waals surface area contributed by atoms with Gasteiger partial charge in [0.2, 0.25) is 0 Å². The van der Waals surface area contributed by atoms with Crippen LogP contribution in [-0.2, 0) is 0 Å². The van der Waals surface area contributed by atoms with Gasteiger partial charge in [-0.05, 0) is 19.2 Å². The van der Waals surface area contributed by atoms with E-state index < -0.39 is 5.91 Å². The molecule has 3 aromatic rings. The van der Waals surface area contributed by atoms with Crippen LogP contribution in [-0.4, -0.2) is 73.3 Å². The molecule has 0 saturated carbocycles. The molecule has 0 bridgehead atoms. The Hall–Kier alpha value is -3.86. The molecular weight excluding hydrogens is 410 g/mol. The predicted molar refractivity (Wildman–Crippen MR) is 124 cm³/mol. The summed E-state index contributed by atoms with van der Waals surface area (Å²) < 4.78 is 5.05. The average Bonchev–Trinajstić information content (AvgIpc) is 3.23. The first-order valence-corrected chi connectivity index (χ1v) is 10.3. The second-order valence-electron chi connectivity index (χ2n) is 7.87. The first kappa shape index (κ1) is 21.4. The van der Waals surface area contributed by atoms with E-state index in [1.807, 2.05) is 32.4 Å². The zero-order valence-electron chi connectivity index (χ0n) is 18.4. The highest BCUT2D eigenvalue weighted by Gasteiger charge is 2.17. The lowest BCUT2D eigenvalue weighted by Gasteiger charge is -2.33. The van der Waals surface area contributed by atoms with Crippen LogP contribution in [0.4, 0.5) is 34.5 Å². The first-order chi connectivity index (χ1) is 15.4. The molecule has 0 atom stereocenters. The molecule has 4 rings (SSSR count). The van der Waals surface area contributed by atoms with E-state index >= 15 is 0 Å². The van der Waals surface area contributed by atoms with Crippen molar-refractivity contribution in [1.82, 2.24) is 20.0 Å². The van der Waals surface area contributed by atoms with E-state index in [-0.39, 0.29) is 5.56 Å². The number of nitrogens with one attached hydrogen (secondary N) is 2. The minimum Gasteiger partial charge on any atom is -0.368 e. The summed E-state index contributed by atoms with van der Waals surface area (Å²) in [5.41, 5.74) is 7.95. The molecule has 1 amide bonds. The van der Waals surface area contributed by atoms with Gasteiger partial charge in [-0.25, -0.2) is 9.97 Å². The number of carbonyl (C=O) groups is 1. The van der Waals surface area contributed by atoms with Crippen LogP contribution in [0.1, 0.15) is 10.4 Å². The molecule has 0 unspecified atom stereocenters. The van der Waals surface area contributed by atoms with Crippen LogP contribution in [0.3, 0.4) is 0 Å². The lowest BCUT2D eigenvalue weighted by atomic mass is 10.2. The zero-order valence-corrected chi connectivity index (χ0v) is 18.4. The van der Waals surface area contributed by atoms with Gasteiger partial charge >= 0.3 is 0 Å². The number of aromatic nitrogens is 3. The Labute approximate surface area is 186 Å². The van der Waals surface area contributed by atoms with E-state index in [2.05, 4.69) is 42.6 Å². The number of nitrogens with zero attached hydrogens (tertiary/aromatic N) is 6. The maximum absolute atomic E-state index is 11.9. The van der Waals surface area contributed by atoms with E-state index in [1.54, 1.807) is 11.0 Å². The average molecular weight is 438 g/mol. The summed E-state index contributed by atoms with van der Waals surface area (Å²) in [7, 11) is 5.82. The third-order valence-electron chi connectivity index (χ3n) is 5.29. The fourth-order valence-electron chi connectivity index (χ4n) is 3.45. The molecular formula is C21H27N9O2. The normalized spacial score (nSPS) is 14.3. The fourth-order valence-corrected chi connectivity index (χ4v) is 3.45. The number of nitrogens with two attached hydrogens (primary N) is 1. The summed E-state index contributed by atoms with van der Waals surface area (Å²) >= 11 is 0. The van der Waals surface area contributed by atoms with Crippen molar-refractivity contribution in [3.05, 3.63) is 42.4 Å². The second-order valence-corrected chi connectivity index (χ2v) is 7.87. The molecule has 168 valence electrons. The Bertz CT molecular complexity index is 1070. The van der Waals surface area contributed by atoms with Gasteiger partial charge in [0.25, 0.3) is 5.91 Å². The van der Waals surface area contributed by atoms with Crippen LogP contribution in [0.15, 0.2) is 41.4 Å². The molecule has 11 nitrogen and oxygen atoms in total. The third-order valence-corrected chi connectivity index (χ3v) is 5.29. The van der Waals surface area contributed by atoms with Crippen molar-refractivity contribution in [3.8, 4) is 0 Å². The van der Waals surface area contributed by atoms with Gasteiger partial charge < -0.3 is 35.6 Å². The smallest absolute Gasteiger partial charge is 0.252 e. The summed E-state index contributed by atoms with van der Waals surface area (Å²) in [6.07, 6.45) is 4.74. The van der Waals surface area contributed by atoms with Crippen molar-refractivity contribution in [2.75, 3.05) is 67.8 Å². The van der Waals surface area contributed by atoms with Crippen LogP contribution < -0.4 is 26.2 Å². The minimum absolute atomic E-state index is 0.250. The standard InChI is InChI=1S/C21H27N9O2/c1-28(2)21-17(13-32-27-21)25-16-10-19(24-12-15(16)20(22)31)26-18-5-4-14(11-23-18)30-8-6-29(3)7-9-30/h4-5,10-13H,6-9H2,1-3H3,(H2,22,31)(H2,23,24,25,26). The van der Waals surface area contributed by atoms with E-state index in [9.17, 15) is 4.79 Å². The number of likely N-dealkylation sites (N-methyl/N-ethyl adjacent to an activating group) is 1. The highest BCUT2D eigenvalue weighted by Crippen LogP contribution is 2.29. The molecule has 0 spiro atoms. The van der Waals surface area contributed by atoms with Crippen LogP contribution >= 0.6 is 0 Å². The summed E-state index contributed by atoms with van der Waals surface area (Å²) in [4.78, 5) is 27.1. The number of hydrogen-bond donors (Lipinski definition) is 3. The second kappa shape index (κ2) is 9.10. The SMILES string of the molecule is CN1CCN(c2ccc(Nc3cc(Nc4conc4N(C)C)c(C(N)=O)cn3)nc2)CC1. The number of piperazine rings is 1. The van der Waals surface area contributed by atoms with Gasteiger partial charge in [0.05, 0.1) is 23.1 Å². The molecule has 4 heterocycles. The van der Waals surface area contributed by atoms with Gasteiger partial charge in [0, 0.05) is 52.5 Å². The van der Waals surface area contributed by atoms with Crippen molar-refractivity contribution in [2.45, 2.75) is 0 Å². The van der Waals surface area contributed by atoms with Crippen LogP contribution in [0.2, 0.25) is 0 Å². The van der Waals surface area contributed by atoms with E-state index in [4.69, 9.17) is 10.3 Å². The largest absolute Gasteiger partial charge is 0.368 e. The molecule has 1 aliphatic rings. The Morgan fingerprint density at radius 1 is 1.06 bits per heavy atom. The molecule has 0 aromatic carbocycles. The van der Waals surface area contributed by atoms with Crippen molar-refractivity contribution in [2.24, 2.45) is 5.73 Å². The monoisotopic (exact) mass is 437 g/mol. The number of hydrogen-bond acceptors (Lipinski definition) is 10. The summed E-state index contributed by atoms with van der Waals surface area (Å²) in [6, 6.07) is 5.65. The van der Waals surface area contributed by atoms with Crippen LogP contribution in [0.5, 0.6) is 0 Å². The number of amides is 1. The van der Waals surface area contributed by atoms with Gasteiger partial charge in [-0.15, -0.1) is 0 Å². The van der Waals surface area contributed by atoms with Gasteiger partial charge in [0.15, 0.2) is 5.82 Å². The van der Waals surface area contributed by atoms with Gasteiger partial charge in [-0.1, -0.05) is 5.16 Å². The molecule has 0 aliphatic carbocycles. The highest BCUT2D eigenvalue weighted by molar-refractivity contribution is 5.99. The lowest BCUT2D eigenvalue weighted by molar-refractivity contribution is 0.100. The molecule has 0 radical (unpaired) electrons. The van der Waals surface area contributed by atoms with Crippen molar-refractivity contribution >= 4 is 40.4 Å². The van der Waals surface area contributed by atoms with Crippen molar-refractivity contribution in [3.63, 3.8) is 0 Å².